The lowest BCUT2D eigenvalue weighted by molar-refractivity contribution is -0.139. The molecular formula is C14H23N3O3. The Bertz CT molecular complexity index is 400. The Morgan fingerprint density at radius 3 is 2.50 bits per heavy atom. The fourth-order valence-electron chi connectivity index (χ4n) is 1.79. The van der Waals surface area contributed by atoms with Gasteiger partial charge < -0.3 is 20.0 Å². The maximum Gasteiger partial charge on any atom is 0.309 e. The number of nitrogens with zero attached hydrogens (tertiary/aromatic N) is 1. The zero-order valence-electron chi connectivity index (χ0n) is 12.1. The lowest BCUT2D eigenvalue weighted by atomic mass is 10.3. The second-order valence-electron chi connectivity index (χ2n) is 4.40. The standard InChI is InChI=1S/C14H23N3O3/c1-3-17(4-2)9-6-8-15-13(18)14(19)16-11-12-7-5-10-20-12/h5,7,10H,3-4,6,8-9,11H2,1-2H3,(H,15,18)(H,16,19). The van der Waals surface area contributed by atoms with Crippen LogP contribution >= 0.6 is 0 Å². The van der Waals surface area contributed by atoms with Crippen molar-refractivity contribution in [1.29, 1.82) is 0 Å². The van der Waals surface area contributed by atoms with Gasteiger partial charge in [0.2, 0.25) is 0 Å². The van der Waals surface area contributed by atoms with Crippen LogP contribution in [-0.4, -0.2) is 42.9 Å². The zero-order chi connectivity index (χ0) is 14.8. The molecule has 0 fully saturated rings. The minimum Gasteiger partial charge on any atom is -0.467 e. The van der Waals surface area contributed by atoms with Gasteiger partial charge in [-0.3, -0.25) is 9.59 Å². The number of rotatable bonds is 8. The molecule has 0 bridgehead atoms. The highest BCUT2D eigenvalue weighted by atomic mass is 16.3. The summed E-state index contributed by atoms with van der Waals surface area (Å²) in [6.07, 6.45) is 2.35. The van der Waals surface area contributed by atoms with Crippen LogP contribution in [0.3, 0.4) is 0 Å². The van der Waals surface area contributed by atoms with Gasteiger partial charge >= 0.3 is 11.8 Å². The van der Waals surface area contributed by atoms with Gasteiger partial charge in [-0.2, -0.15) is 0 Å². The summed E-state index contributed by atoms with van der Waals surface area (Å²) < 4.78 is 5.06. The summed E-state index contributed by atoms with van der Waals surface area (Å²) in [7, 11) is 0. The topological polar surface area (TPSA) is 74.6 Å². The van der Waals surface area contributed by atoms with Crippen LogP contribution in [-0.2, 0) is 16.1 Å². The van der Waals surface area contributed by atoms with Crippen LogP contribution in [0.2, 0.25) is 0 Å². The highest BCUT2D eigenvalue weighted by Gasteiger charge is 2.12. The van der Waals surface area contributed by atoms with Gasteiger partial charge in [-0.25, -0.2) is 0 Å². The highest BCUT2D eigenvalue weighted by molar-refractivity contribution is 6.35. The third-order valence-corrected chi connectivity index (χ3v) is 3.04. The van der Waals surface area contributed by atoms with E-state index in [1.165, 1.54) is 6.26 Å². The minimum absolute atomic E-state index is 0.221. The molecule has 1 aromatic rings. The second-order valence-corrected chi connectivity index (χ2v) is 4.40. The molecule has 0 aromatic carbocycles. The summed E-state index contributed by atoms with van der Waals surface area (Å²) >= 11 is 0. The average molecular weight is 281 g/mol. The number of carbonyl (C=O) groups is 2. The first-order chi connectivity index (χ1) is 9.67. The van der Waals surface area contributed by atoms with E-state index in [1.54, 1.807) is 12.1 Å². The Balaban J connectivity index is 2.13. The van der Waals surface area contributed by atoms with Gasteiger partial charge in [0, 0.05) is 6.54 Å². The van der Waals surface area contributed by atoms with Gasteiger partial charge in [-0.1, -0.05) is 13.8 Å². The van der Waals surface area contributed by atoms with Crippen molar-refractivity contribution in [3.05, 3.63) is 24.2 Å². The monoisotopic (exact) mass is 281 g/mol. The van der Waals surface area contributed by atoms with Gasteiger partial charge in [-0.05, 0) is 38.2 Å². The van der Waals surface area contributed by atoms with Crippen LogP contribution in [0.15, 0.2) is 22.8 Å². The molecule has 0 saturated heterocycles. The molecule has 1 aromatic heterocycles. The molecule has 0 atom stereocenters. The number of hydrogen-bond donors (Lipinski definition) is 2. The fraction of sp³-hybridized carbons (Fsp3) is 0.571. The van der Waals surface area contributed by atoms with Crippen molar-refractivity contribution in [2.45, 2.75) is 26.8 Å². The molecule has 0 unspecified atom stereocenters. The van der Waals surface area contributed by atoms with Crippen LogP contribution in [0.1, 0.15) is 26.0 Å². The maximum atomic E-state index is 11.5. The SMILES string of the molecule is CCN(CC)CCCNC(=O)C(=O)NCc1ccco1. The smallest absolute Gasteiger partial charge is 0.309 e. The average Bonchev–Trinajstić information content (AvgIpc) is 2.98. The molecule has 0 aliphatic rings. The number of carbonyl (C=O) groups excluding carboxylic acids is 2. The Hall–Kier alpha value is -1.82. The third-order valence-electron chi connectivity index (χ3n) is 3.04. The predicted molar refractivity (Wildman–Crippen MR) is 76.0 cm³/mol. The predicted octanol–water partition coefficient (Wildman–Crippen LogP) is 0.744. The number of hydrogen-bond acceptors (Lipinski definition) is 4. The zero-order valence-corrected chi connectivity index (χ0v) is 12.1. The molecule has 2 amide bonds. The number of nitrogens with one attached hydrogen (secondary N) is 2. The van der Waals surface area contributed by atoms with E-state index >= 15 is 0 Å². The van der Waals surface area contributed by atoms with Crippen LogP contribution < -0.4 is 10.6 Å². The molecule has 0 radical (unpaired) electrons. The second kappa shape index (κ2) is 9.14. The van der Waals surface area contributed by atoms with Gasteiger partial charge in [0.15, 0.2) is 0 Å². The van der Waals surface area contributed by atoms with E-state index in [1.807, 2.05) is 0 Å². The first kappa shape index (κ1) is 16.2. The summed E-state index contributed by atoms with van der Waals surface area (Å²) in [4.78, 5) is 25.3. The lowest BCUT2D eigenvalue weighted by Crippen LogP contribution is -2.40. The summed E-state index contributed by atoms with van der Waals surface area (Å²) in [5.41, 5.74) is 0. The number of amides is 2. The minimum atomic E-state index is -0.635. The molecule has 6 nitrogen and oxygen atoms in total. The van der Waals surface area contributed by atoms with Gasteiger partial charge in [-0.15, -0.1) is 0 Å². The van der Waals surface area contributed by atoms with E-state index in [-0.39, 0.29) is 6.54 Å². The fourth-order valence-corrected chi connectivity index (χ4v) is 1.79. The molecule has 1 rings (SSSR count). The lowest BCUT2D eigenvalue weighted by Gasteiger charge is -2.17. The summed E-state index contributed by atoms with van der Waals surface area (Å²) in [6, 6.07) is 3.47. The van der Waals surface area contributed by atoms with E-state index in [0.717, 1.165) is 26.1 Å². The van der Waals surface area contributed by atoms with Crippen molar-refractivity contribution in [3.63, 3.8) is 0 Å². The largest absolute Gasteiger partial charge is 0.467 e. The van der Waals surface area contributed by atoms with Crippen molar-refractivity contribution < 1.29 is 14.0 Å². The Labute approximate surface area is 119 Å². The first-order valence-corrected chi connectivity index (χ1v) is 6.98. The Morgan fingerprint density at radius 2 is 1.90 bits per heavy atom. The van der Waals surface area contributed by atoms with E-state index in [0.29, 0.717) is 12.3 Å². The van der Waals surface area contributed by atoms with E-state index in [2.05, 4.69) is 29.4 Å². The molecule has 0 saturated carbocycles. The normalized spacial score (nSPS) is 10.6. The molecule has 2 N–H and O–H groups in total. The molecule has 1 heterocycles. The van der Waals surface area contributed by atoms with Crippen molar-refractivity contribution in [1.82, 2.24) is 15.5 Å². The van der Waals surface area contributed by atoms with Crippen molar-refractivity contribution in [2.24, 2.45) is 0 Å². The van der Waals surface area contributed by atoms with Crippen molar-refractivity contribution in [2.75, 3.05) is 26.2 Å². The van der Waals surface area contributed by atoms with Gasteiger partial charge in [0.25, 0.3) is 0 Å². The van der Waals surface area contributed by atoms with Crippen LogP contribution in [0.4, 0.5) is 0 Å². The van der Waals surface area contributed by atoms with Crippen molar-refractivity contribution in [3.8, 4) is 0 Å². The summed E-state index contributed by atoms with van der Waals surface area (Å²) in [6.45, 7) is 7.83. The highest BCUT2D eigenvalue weighted by Crippen LogP contribution is 1.98. The third kappa shape index (κ3) is 5.88. The van der Waals surface area contributed by atoms with E-state index < -0.39 is 11.8 Å². The van der Waals surface area contributed by atoms with Crippen molar-refractivity contribution >= 4 is 11.8 Å². The first-order valence-electron chi connectivity index (χ1n) is 6.98. The van der Waals surface area contributed by atoms with E-state index in [4.69, 9.17) is 4.42 Å². The summed E-state index contributed by atoms with van der Waals surface area (Å²) in [5.74, 6) is -0.618. The molecule has 112 valence electrons. The maximum absolute atomic E-state index is 11.5. The van der Waals surface area contributed by atoms with Crippen LogP contribution in [0, 0.1) is 0 Å². The molecule has 0 aliphatic heterocycles. The quantitative estimate of drug-likeness (QED) is 0.544. The number of furan rings is 1. The van der Waals surface area contributed by atoms with Gasteiger partial charge in [0.1, 0.15) is 5.76 Å². The van der Waals surface area contributed by atoms with E-state index in [9.17, 15) is 9.59 Å². The molecule has 0 spiro atoms. The Kier molecular flexibility index (Phi) is 7.42. The molecular weight excluding hydrogens is 258 g/mol. The van der Waals surface area contributed by atoms with Crippen LogP contribution in [0.5, 0.6) is 0 Å². The van der Waals surface area contributed by atoms with Gasteiger partial charge in [0.05, 0.1) is 12.8 Å². The Morgan fingerprint density at radius 1 is 1.20 bits per heavy atom. The molecule has 6 heteroatoms. The molecule has 20 heavy (non-hydrogen) atoms. The molecule has 0 aliphatic carbocycles. The van der Waals surface area contributed by atoms with Crippen LogP contribution in [0.25, 0.3) is 0 Å². The summed E-state index contributed by atoms with van der Waals surface area (Å²) in [5, 5.41) is 5.11.